The van der Waals surface area contributed by atoms with Crippen LogP contribution in [0.5, 0.6) is 0 Å². The molecule has 0 saturated heterocycles. The first kappa shape index (κ1) is 9.94. The highest BCUT2D eigenvalue weighted by molar-refractivity contribution is 6.25. The number of alkyl halides is 6. The average molecular weight is 213 g/mol. The zero-order valence-electron chi connectivity index (χ0n) is 5.16. The molecule has 0 aliphatic heterocycles. The Hall–Kier alpha value is -0.140. The Balaban J connectivity index is 3.16. The van der Waals surface area contributed by atoms with Gasteiger partial charge < -0.3 is 10.2 Å². The molecule has 0 heterocycles. The molecule has 1 rings (SSSR count). The van der Waals surface area contributed by atoms with Crippen LogP contribution >= 0.6 is 11.6 Å². The minimum absolute atomic E-state index is 4.18. The van der Waals surface area contributed by atoms with Crippen LogP contribution in [0.3, 0.4) is 0 Å². The van der Waals surface area contributed by atoms with E-state index in [9.17, 15) is 22.0 Å². The fourth-order valence-electron chi connectivity index (χ4n) is 0.770. The second kappa shape index (κ2) is 1.85. The van der Waals surface area contributed by atoms with Crippen molar-refractivity contribution in [1.29, 1.82) is 0 Å². The monoisotopic (exact) mass is 212 g/mol. The predicted octanol–water partition coefficient (Wildman–Crippen LogP) is 0.856. The maximum absolute atomic E-state index is 12.3. The van der Waals surface area contributed by atoms with Gasteiger partial charge in [-0.1, -0.05) is 11.6 Å². The van der Waals surface area contributed by atoms with E-state index < -0.39 is 22.8 Å². The van der Waals surface area contributed by atoms with Crippen LogP contribution in [0.4, 0.5) is 22.0 Å². The summed E-state index contributed by atoms with van der Waals surface area (Å²) in [5.41, 5.74) is 0. The van der Waals surface area contributed by atoms with Crippen molar-refractivity contribution >= 4 is 11.6 Å². The van der Waals surface area contributed by atoms with Gasteiger partial charge in [-0.3, -0.25) is 0 Å². The SMILES string of the molecule is OC1(O)C(F)(F)C(F)(F)C1(F)Cl. The van der Waals surface area contributed by atoms with Gasteiger partial charge in [0.15, 0.2) is 0 Å². The number of hydrogen-bond donors (Lipinski definition) is 2. The summed E-state index contributed by atoms with van der Waals surface area (Å²) in [6.45, 7) is 0. The third kappa shape index (κ3) is 0.602. The molecule has 2 nitrogen and oxygen atoms in total. The summed E-state index contributed by atoms with van der Waals surface area (Å²) in [6, 6.07) is 0. The normalized spacial score (nSPS) is 42.0. The molecule has 1 fully saturated rings. The minimum atomic E-state index is -5.29. The zero-order valence-corrected chi connectivity index (χ0v) is 5.92. The zero-order chi connectivity index (χ0) is 10.0. The topological polar surface area (TPSA) is 40.5 Å². The van der Waals surface area contributed by atoms with Crippen LogP contribution in [0.15, 0.2) is 0 Å². The highest BCUT2D eigenvalue weighted by Crippen LogP contribution is 2.66. The first-order chi connectivity index (χ1) is 5.00. The fourth-order valence-corrected chi connectivity index (χ4v) is 1.01. The van der Waals surface area contributed by atoms with E-state index in [0.717, 1.165) is 0 Å². The summed E-state index contributed by atoms with van der Waals surface area (Å²) in [5, 5.41) is 11.7. The van der Waals surface area contributed by atoms with Crippen molar-refractivity contribution < 1.29 is 32.2 Å². The van der Waals surface area contributed by atoms with E-state index in [0.29, 0.717) is 0 Å². The van der Waals surface area contributed by atoms with Gasteiger partial charge in [0.1, 0.15) is 0 Å². The second-order valence-electron chi connectivity index (χ2n) is 2.40. The molecule has 0 aromatic rings. The van der Waals surface area contributed by atoms with Gasteiger partial charge in [0.2, 0.25) is 0 Å². The molecule has 0 spiro atoms. The fraction of sp³-hybridized carbons (Fsp3) is 1.00. The van der Waals surface area contributed by atoms with Gasteiger partial charge >= 0.3 is 17.0 Å². The molecule has 2 N–H and O–H groups in total. The molecule has 1 unspecified atom stereocenters. The Morgan fingerprint density at radius 2 is 1.17 bits per heavy atom. The van der Waals surface area contributed by atoms with Crippen molar-refractivity contribution in [3.05, 3.63) is 0 Å². The Morgan fingerprint density at radius 1 is 0.833 bits per heavy atom. The molecular weight excluding hydrogens is 210 g/mol. The number of rotatable bonds is 0. The third-order valence-electron chi connectivity index (χ3n) is 1.66. The first-order valence-electron chi connectivity index (χ1n) is 2.58. The lowest BCUT2D eigenvalue weighted by Gasteiger charge is -2.53. The van der Waals surface area contributed by atoms with Crippen LogP contribution in [-0.4, -0.2) is 33.0 Å². The van der Waals surface area contributed by atoms with E-state index in [1.165, 1.54) is 0 Å². The lowest BCUT2D eigenvalue weighted by atomic mass is 9.79. The summed E-state index contributed by atoms with van der Waals surface area (Å²) in [4.78, 5) is 0. The summed E-state index contributed by atoms with van der Waals surface area (Å²) >= 11 is 4.18. The van der Waals surface area contributed by atoms with Gasteiger partial charge in [0.25, 0.3) is 5.79 Å². The van der Waals surface area contributed by atoms with Crippen LogP contribution in [0.2, 0.25) is 0 Å². The van der Waals surface area contributed by atoms with Crippen molar-refractivity contribution in [3.63, 3.8) is 0 Å². The molecular formula is C4H2ClF5O2. The Morgan fingerprint density at radius 3 is 1.25 bits per heavy atom. The van der Waals surface area contributed by atoms with Crippen LogP contribution < -0.4 is 0 Å². The van der Waals surface area contributed by atoms with Gasteiger partial charge in [-0.2, -0.15) is 17.6 Å². The van der Waals surface area contributed by atoms with E-state index in [1.807, 2.05) is 0 Å². The van der Waals surface area contributed by atoms with Gasteiger partial charge in [0.05, 0.1) is 0 Å². The van der Waals surface area contributed by atoms with Gasteiger partial charge in [-0.25, -0.2) is 4.39 Å². The second-order valence-corrected chi connectivity index (χ2v) is 2.92. The van der Waals surface area contributed by atoms with E-state index >= 15 is 0 Å². The molecule has 0 aromatic carbocycles. The van der Waals surface area contributed by atoms with Crippen LogP contribution in [-0.2, 0) is 0 Å². The van der Waals surface area contributed by atoms with Gasteiger partial charge in [-0.15, -0.1) is 0 Å². The van der Waals surface area contributed by atoms with E-state index in [4.69, 9.17) is 10.2 Å². The van der Waals surface area contributed by atoms with Crippen molar-refractivity contribution in [2.24, 2.45) is 0 Å². The molecule has 0 aromatic heterocycles. The van der Waals surface area contributed by atoms with Crippen LogP contribution in [0.25, 0.3) is 0 Å². The average Bonchev–Trinajstić information content (AvgIpc) is 1.84. The smallest absolute Gasteiger partial charge is 0.357 e. The highest BCUT2D eigenvalue weighted by atomic mass is 35.5. The van der Waals surface area contributed by atoms with E-state index in [2.05, 4.69) is 11.6 Å². The van der Waals surface area contributed by atoms with Crippen molar-refractivity contribution in [2.45, 2.75) is 22.8 Å². The van der Waals surface area contributed by atoms with E-state index in [1.54, 1.807) is 0 Å². The third-order valence-corrected chi connectivity index (χ3v) is 2.17. The lowest BCUT2D eigenvalue weighted by molar-refractivity contribution is -0.492. The molecule has 1 aliphatic rings. The summed E-state index contributed by atoms with van der Waals surface area (Å²) < 4.78 is 60.3. The van der Waals surface area contributed by atoms with Crippen molar-refractivity contribution in [2.75, 3.05) is 0 Å². The molecule has 8 heteroatoms. The largest absolute Gasteiger partial charge is 0.372 e. The van der Waals surface area contributed by atoms with Crippen LogP contribution in [0, 0.1) is 0 Å². The molecule has 1 aliphatic carbocycles. The molecule has 12 heavy (non-hydrogen) atoms. The molecule has 72 valence electrons. The first-order valence-corrected chi connectivity index (χ1v) is 2.96. The number of halogens is 6. The highest BCUT2D eigenvalue weighted by Gasteiger charge is 2.97. The quantitative estimate of drug-likeness (QED) is 0.355. The van der Waals surface area contributed by atoms with Gasteiger partial charge in [-0.05, 0) is 0 Å². The molecule has 1 atom stereocenters. The Kier molecular flexibility index (Phi) is 1.54. The predicted molar refractivity (Wildman–Crippen MR) is 26.8 cm³/mol. The molecule has 0 amide bonds. The minimum Gasteiger partial charge on any atom is -0.357 e. The Bertz CT molecular complexity index is 161. The number of aliphatic hydroxyl groups is 2. The molecule has 0 radical (unpaired) electrons. The van der Waals surface area contributed by atoms with Crippen LogP contribution in [0.1, 0.15) is 0 Å². The standard InChI is InChI=1S/C4H2ClF5O2/c5-1(6)2(7,8)3(9,10)4(1,11)12/h11-12H. The Labute approximate surface area is 67.5 Å². The maximum atomic E-state index is 12.3. The van der Waals surface area contributed by atoms with Crippen molar-refractivity contribution in [1.82, 2.24) is 0 Å². The maximum Gasteiger partial charge on any atom is 0.372 e. The van der Waals surface area contributed by atoms with Gasteiger partial charge in [0, 0.05) is 0 Å². The summed E-state index contributed by atoms with van der Waals surface area (Å²) in [6.07, 6.45) is 0. The summed E-state index contributed by atoms with van der Waals surface area (Å²) in [5.74, 6) is -15.1. The van der Waals surface area contributed by atoms with E-state index in [-0.39, 0.29) is 0 Å². The molecule has 0 bridgehead atoms. The summed E-state index contributed by atoms with van der Waals surface area (Å²) in [7, 11) is 0. The van der Waals surface area contributed by atoms with Crippen molar-refractivity contribution in [3.8, 4) is 0 Å². The molecule has 1 saturated carbocycles. The number of hydrogen-bond acceptors (Lipinski definition) is 2. The lowest BCUT2D eigenvalue weighted by Crippen LogP contribution is -2.85.